The van der Waals surface area contributed by atoms with Crippen molar-refractivity contribution in [3.63, 3.8) is 0 Å². The highest BCUT2D eigenvalue weighted by Crippen LogP contribution is 2.43. The van der Waals surface area contributed by atoms with Crippen LogP contribution in [0.25, 0.3) is 0 Å². The fourth-order valence-corrected chi connectivity index (χ4v) is 3.21. The van der Waals surface area contributed by atoms with E-state index in [2.05, 4.69) is 0 Å². The van der Waals surface area contributed by atoms with Gasteiger partial charge in [-0.15, -0.1) is 0 Å². The first kappa shape index (κ1) is 16.1. The first-order chi connectivity index (χ1) is 9.82. The summed E-state index contributed by atoms with van der Waals surface area (Å²) in [5, 5.41) is 0. The van der Waals surface area contributed by atoms with E-state index in [1.165, 1.54) is 0 Å². The number of aryl methyl sites for hydroxylation is 1. The molecule has 0 bridgehead atoms. The highest BCUT2D eigenvalue weighted by molar-refractivity contribution is 5.36. The zero-order chi connectivity index (χ0) is 15.6. The molecule has 1 atom stereocenters. The van der Waals surface area contributed by atoms with E-state index in [0.29, 0.717) is 12.8 Å². The zero-order valence-corrected chi connectivity index (χ0v) is 12.4. The topological polar surface area (TPSA) is 35.2 Å². The van der Waals surface area contributed by atoms with Crippen molar-refractivity contribution < 1.29 is 17.9 Å². The molecular formula is C16H22F3NO. The second-order valence-corrected chi connectivity index (χ2v) is 5.90. The summed E-state index contributed by atoms with van der Waals surface area (Å²) in [5.41, 5.74) is 8.33. The standard InChI is InChI=1S/C16H22F3NO/c1-10-9-13(21-2)7-8-14(10)15(20)11-3-5-12(6-4-11)16(17,18)19/h7-9,11-12,15H,3-6,20H2,1-2H3. The van der Waals surface area contributed by atoms with Gasteiger partial charge in [0.05, 0.1) is 13.0 Å². The predicted octanol–water partition coefficient (Wildman–Crippen LogP) is 4.37. The van der Waals surface area contributed by atoms with Crippen LogP contribution < -0.4 is 10.5 Å². The summed E-state index contributed by atoms with van der Waals surface area (Å²) in [5.74, 6) is -0.266. The van der Waals surface area contributed by atoms with Crippen molar-refractivity contribution in [1.82, 2.24) is 0 Å². The molecule has 0 aromatic heterocycles. The molecule has 0 aliphatic heterocycles. The Kier molecular flexibility index (Phi) is 4.81. The summed E-state index contributed by atoms with van der Waals surface area (Å²) < 4.78 is 43.2. The van der Waals surface area contributed by atoms with Gasteiger partial charge in [-0.25, -0.2) is 0 Å². The Hall–Kier alpha value is -1.23. The summed E-state index contributed by atoms with van der Waals surface area (Å²) in [7, 11) is 1.60. The molecule has 2 rings (SSSR count). The van der Waals surface area contributed by atoms with Gasteiger partial charge >= 0.3 is 6.18 Å². The number of hydrogen-bond donors (Lipinski definition) is 1. The second-order valence-electron chi connectivity index (χ2n) is 5.90. The van der Waals surface area contributed by atoms with Gasteiger partial charge in [0.2, 0.25) is 0 Å². The maximum Gasteiger partial charge on any atom is 0.391 e. The lowest BCUT2D eigenvalue weighted by atomic mass is 9.76. The van der Waals surface area contributed by atoms with Crippen LogP contribution in [0.3, 0.4) is 0 Å². The molecule has 1 aromatic carbocycles. The number of benzene rings is 1. The van der Waals surface area contributed by atoms with Gasteiger partial charge in [0, 0.05) is 6.04 Å². The van der Waals surface area contributed by atoms with Gasteiger partial charge in [-0.1, -0.05) is 6.07 Å². The lowest BCUT2D eigenvalue weighted by molar-refractivity contribution is -0.184. The molecule has 1 aromatic rings. The van der Waals surface area contributed by atoms with Gasteiger partial charge in [-0.05, 0) is 61.8 Å². The minimum atomic E-state index is -4.06. The Bertz CT molecular complexity index is 479. The van der Waals surface area contributed by atoms with E-state index in [1.807, 2.05) is 25.1 Å². The minimum Gasteiger partial charge on any atom is -0.497 e. The van der Waals surface area contributed by atoms with Crippen LogP contribution in [0, 0.1) is 18.8 Å². The van der Waals surface area contributed by atoms with Gasteiger partial charge in [0.25, 0.3) is 0 Å². The minimum absolute atomic E-state index is 0.121. The third-order valence-electron chi connectivity index (χ3n) is 4.58. The SMILES string of the molecule is COc1ccc(C(N)C2CCC(C(F)(F)F)CC2)c(C)c1. The molecule has 1 fully saturated rings. The summed E-state index contributed by atoms with van der Waals surface area (Å²) in [6.45, 7) is 1.96. The molecular weight excluding hydrogens is 279 g/mol. The molecule has 0 radical (unpaired) electrons. The van der Waals surface area contributed by atoms with Gasteiger partial charge in [0.1, 0.15) is 5.75 Å². The maximum atomic E-state index is 12.7. The molecule has 1 unspecified atom stereocenters. The molecule has 2 nitrogen and oxygen atoms in total. The van der Waals surface area contributed by atoms with Crippen LogP contribution in [0.5, 0.6) is 5.75 Å². The van der Waals surface area contributed by atoms with Crippen LogP contribution in [0.4, 0.5) is 13.2 Å². The molecule has 118 valence electrons. The molecule has 21 heavy (non-hydrogen) atoms. The van der Waals surface area contributed by atoms with E-state index in [-0.39, 0.29) is 24.8 Å². The Labute approximate surface area is 123 Å². The van der Waals surface area contributed by atoms with Crippen LogP contribution in [-0.2, 0) is 0 Å². The maximum absolute atomic E-state index is 12.7. The van der Waals surface area contributed by atoms with Crippen molar-refractivity contribution in [2.24, 2.45) is 17.6 Å². The molecule has 1 aliphatic rings. The van der Waals surface area contributed by atoms with Crippen molar-refractivity contribution in [3.05, 3.63) is 29.3 Å². The zero-order valence-electron chi connectivity index (χ0n) is 12.4. The first-order valence-corrected chi connectivity index (χ1v) is 7.29. The molecule has 0 heterocycles. The summed E-state index contributed by atoms with van der Waals surface area (Å²) in [4.78, 5) is 0. The van der Waals surface area contributed by atoms with E-state index in [0.717, 1.165) is 16.9 Å². The van der Waals surface area contributed by atoms with Crippen LogP contribution in [0.1, 0.15) is 42.9 Å². The van der Waals surface area contributed by atoms with Crippen LogP contribution in [0.2, 0.25) is 0 Å². The largest absolute Gasteiger partial charge is 0.497 e. The summed E-state index contributed by atoms with van der Waals surface area (Å²) in [6.07, 6.45) is -2.60. The van der Waals surface area contributed by atoms with Gasteiger partial charge in [0.15, 0.2) is 0 Å². The van der Waals surface area contributed by atoms with Gasteiger partial charge < -0.3 is 10.5 Å². The fourth-order valence-electron chi connectivity index (χ4n) is 3.21. The highest BCUT2D eigenvalue weighted by Gasteiger charge is 2.42. The van der Waals surface area contributed by atoms with Crippen molar-refractivity contribution in [1.29, 1.82) is 0 Å². The number of hydrogen-bond acceptors (Lipinski definition) is 2. The van der Waals surface area contributed by atoms with E-state index >= 15 is 0 Å². The van der Waals surface area contributed by atoms with E-state index in [9.17, 15) is 13.2 Å². The van der Waals surface area contributed by atoms with Gasteiger partial charge in [-0.3, -0.25) is 0 Å². The number of nitrogens with two attached hydrogens (primary N) is 1. The Morgan fingerprint density at radius 2 is 1.81 bits per heavy atom. The lowest BCUT2D eigenvalue weighted by Gasteiger charge is -2.33. The van der Waals surface area contributed by atoms with Crippen LogP contribution >= 0.6 is 0 Å². The molecule has 0 spiro atoms. The van der Waals surface area contributed by atoms with E-state index in [4.69, 9.17) is 10.5 Å². The number of alkyl halides is 3. The summed E-state index contributed by atoms with van der Waals surface area (Å²) in [6, 6.07) is 5.49. The van der Waals surface area contributed by atoms with Crippen LogP contribution in [0.15, 0.2) is 18.2 Å². The molecule has 0 amide bonds. The van der Waals surface area contributed by atoms with Crippen LogP contribution in [-0.4, -0.2) is 13.3 Å². The number of halogens is 3. The Morgan fingerprint density at radius 3 is 2.29 bits per heavy atom. The first-order valence-electron chi connectivity index (χ1n) is 7.29. The molecule has 2 N–H and O–H groups in total. The predicted molar refractivity (Wildman–Crippen MR) is 76.2 cm³/mol. The van der Waals surface area contributed by atoms with E-state index < -0.39 is 12.1 Å². The van der Waals surface area contributed by atoms with Crippen molar-refractivity contribution in [3.8, 4) is 5.75 Å². The fraction of sp³-hybridized carbons (Fsp3) is 0.625. The smallest absolute Gasteiger partial charge is 0.391 e. The molecule has 1 saturated carbocycles. The highest BCUT2D eigenvalue weighted by atomic mass is 19.4. The third kappa shape index (κ3) is 3.70. The average molecular weight is 301 g/mol. The normalized spacial score (nSPS) is 24.7. The van der Waals surface area contributed by atoms with Crippen molar-refractivity contribution >= 4 is 0 Å². The quantitative estimate of drug-likeness (QED) is 0.899. The number of methoxy groups -OCH3 is 1. The van der Waals surface area contributed by atoms with Crippen molar-refractivity contribution in [2.45, 2.75) is 44.8 Å². The molecule has 5 heteroatoms. The van der Waals surface area contributed by atoms with Gasteiger partial charge in [-0.2, -0.15) is 13.2 Å². The average Bonchev–Trinajstić information content (AvgIpc) is 2.45. The van der Waals surface area contributed by atoms with Crippen molar-refractivity contribution in [2.75, 3.05) is 7.11 Å². The number of ether oxygens (including phenoxy) is 1. The van der Waals surface area contributed by atoms with E-state index in [1.54, 1.807) is 7.11 Å². The number of rotatable bonds is 3. The Morgan fingerprint density at radius 1 is 1.19 bits per heavy atom. The molecule has 1 aliphatic carbocycles. The second kappa shape index (κ2) is 6.26. The third-order valence-corrected chi connectivity index (χ3v) is 4.58. The lowest BCUT2D eigenvalue weighted by Crippen LogP contribution is -2.32. The molecule has 0 saturated heterocycles. The summed E-state index contributed by atoms with van der Waals surface area (Å²) >= 11 is 0. The monoisotopic (exact) mass is 301 g/mol. The Balaban J connectivity index is 2.03.